The Hall–Kier alpha value is -3.20. The Morgan fingerprint density at radius 3 is 2.86 bits per heavy atom. The van der Waals surface area contributed by atoms with Crippen LogP contribution in [0.15, 0.2) is 42.9 Å². The van der Waals surface area contributed by atoms with E-state index >= 15 is 0 Å². The molecule has 0 spiro atoms. The Kier molecular flexibility index (Phi) is 7.14. The van der Waals surface area contributed by atoms with Gasteiger partial charge in [0.15, 0.2) is 6.61 Å². The molecule has 1 aromatic heterocycles. The first kappa shape index (κ1) is 19.6. The number of rotatable bonds is 7. The van der Waals surface area contributed by atoms with E-state index in [0.29, 0.717) is 50.7 Å². The standard InChI is InChI=1S/C19H23N5O4/c25-18(24-8-10-27-11-9-24)14-28-17-3-1-2-15(12-17)23-19(26)22-5-4-16-13-20-6-7-21-16/h1-3,6-7,12-13H,4-5,8-11,14H2,(H2,22,23,26). The number of hydrogen-bond donors (Lipinski definition) is 2. The molecule has 148 valence electrons. The number of benzene rings is 1. The number of carbonyl (C=O) groups is 2. The highest BCUT2D eigenvalue weighted by Crippen LogP contribution is 2.17. The fourth-order valence-electron chi connectivity index (χ4n) is 2.65. The molecule has 1 aliphatic rings. The lowest BCUT2D eigenvalue weighted by atomic mass is 10.3. The first-order chi connectivity index (χ1) is 13.7. The van der Waals surface area contributed by atoms with Crippen molar-refractivity contribution in [1.82, 2.24) is 20.2 Å². The number of nitrogens with one attached hydrogen (secondary N) is 2. The summed E-state index contributed by atoms with van der Waals surface area (Å²) < 4.78 is 10.8. The van der Waals surface area contributed by atoms with E-state index in [2.05, 4.69) is 20.6 Å². The highest BCUT2D eigenvalue weighted by molar-refractivity contribution is 5.89. The highest BCUT2D eigenvalue weighted by Gasteiger charge is 2.17. The van der Waals surface area contributed by atoms with Crippen LogP contribution in [-0.2, 0) is 16.0 Å². The van der Waals surface area contributed by atoms with Gasteiger partial charge in [-0.2, -0.15) is 0 Å². The topological polar surface area (TPSA) is 106 Å². The van der Waals surface area contributed by atoms with E-state index in [-0.39, 0.29) is 18.5 Å². The molecule has 9 heteroatoms. The zero-order chi connectivity index (χ0) is 19.6. The second-order valence-electron chi connectivity index (χ2n) is 6.14. The number of amides is 3. The van der Waals surface area contributed by atoms with Crippen LogP contribution in [0.1, 0.15) is 5.69 Å². The van der Waals surface area contributed by atoms with E-state index in [0.717, 1.165) is 5.69 Å². The van der Waals surface area contributed by atoms with Crippen molar-refractivity contribution in [2.45, 2.75) is 6.42 Å². The number of ether oxygens (including phenoxy) is 2. The van der Waals surface area contributed by atoms with E-state index in [1.165, 1.54) is 0 Å². The maximum Gasteiger partial charge on any atom is 0.319 e. The quantitative estimate of drug-likeness (QED) is 0.739. The summed E-state index contributed by atoms with van der Waals surface area (Å²) in [6.07, 6.45) is 5.48. The summed E-state index contributed by atoms with van der Waals surface area (Å²) in [5.41, 5.74) is 1.39. The van der Waals surface area contributed by atoms with Crippen molar-refractivity contribution in [2.24, 2.45) is 0 Å². The van der Waals surface area contributed by atoms with Gasteiger partial charge in [0.25, 0.3) is 5.91 Å². The molecule has 28 heavy (non-hydrogen) atoms. The minimum Gasteiger partial charge on any atom is -0.484 e. The second kappa shape index (κ2) is 10.2. The largest absolute Gasteiger partial charge is 0.484 e. The van der Waals surface area contributed by atoms with Crippen LogP contribution < -0.4 is 15.4 Å². The number of morpholine rings is 1. The van der Waals surface area contributed by atoms with Gasteiger partial charge < -0.3 is 25.0 Å². The molecule has 0 radical (unpaired) electrons. The van der Waals surface area contributed by atoms with Crippen LogP contribution in [-0.4, -0.2) is 66.3 Å². The molecule has 2 heterocycles. The van der Waals surface area contributed by atoms with Gasteiger partial charge in [0.05, 0.1) is 18.9 Å². The van der Waals surface area contributed by atoms with Crippen molar-refractivity contribution in [3.63, 3.8) is 0 Å². The van der Waals surface area contributed by atoms with Gasteiger partial charge >= 0.3 is 6.03 Å². The Bertz CT molecular complexity index is 781. The molecule has 0 bridgehead atoms. The predicted octanol–water partition coefficient (Wildman–Crippen LogP) is 1.08. The molecule has 3 rings (SSSR count). The normalized spacial score (nSPS) is 13.6. The van der Waals surface area contributed by atoms with Crippen molar-refractivity contribution in [3.8, 4) is 5.75 Å². The fourth-order valence-corrected chi connectivity index (χ4v) is 2.65. The summed E-state index contributed by atoms with van der Waals surface area (Å²) in [5, 5.41) is 5.50. The van der Waals surface area contributed by atoms with Crippen LogP contribution in [0.5, 0.6) is 5.75 Å². The molecule has 9 nitrogen and oxygen atoms in total. The van der Waals surface area contributed by atoms with E-state index < -0.39 is 0 Å². The van der Waals surface area contributed by atoms with Crippen molar-refractivity contribution in [2.75, 3.05) is 44.8 Å². The van der Waals surface area contributed by atoms with Crippen molar-refractivity contribution in [3.05, 3.63) is 48.5 Å². The molecule has 1 saturated heterocycles. The summed E-state index contributed by atoms with van der Waals surface area (Å²) >= 11 is 0. The van der Waals surface area contributed by atoms with Gasteiger partial charge in [0.2, 0.25) is 0 Å². The maximum absolute atomic E-state index is 12.1. The van der Waals surface area contributed by atoms with Crippen LogP contribution >= 0.6 is 0 Å². The van der Waals surface area contributed by atoms with Gasteiger partial charge in [-0.25, -0.2) is 4.79 Å². The zero-order valence-electron chi connectivity index (χ0n) is 15.5. The summed E-state index contributed by atoms with van der Waals surface area (Å²) in [6, 6.07) is 6.59. The smallest absolute Gasteiger partial charge is 0.319 e. The Labute approximate surface area is 163 Å². The molecule has 1 fully saturated rings. The minimum absolute atomic E-state index is 0.0479. The third-order valence-electron chi connectivity index (χ3n) is 4.10. The van der Waals surface area contributed by atoms with Gasteiger partial charge in [-0.3, -0.25) is 14.8 Å². The average molecular weight is 385 g/mol. The van der Waals surface area contributed by atoms with Crippen molar-refractivity contribution >= 4 is 17.6 Å². The second-order valence-corrected chi connectivity index (χ2v) is 6.14. The third kappa shape index (κ3) is 6.20. The van der Waals surface area contributed by atoms with Gasteiger partial charge in [-0.1, -0.05) is 6.07 Å². The van der Waals surface area contributed by atoms with Crippen LogP contribution in [0.3, 0.4) is 0 Å². The van der Waals surface area contributed by atoms with Crippen molar-refractivity contribution in [1.29, 1.82) is 0 Å². The summed E-state index contributed by atoms with van der Waals surface area (Å²) in [7, 11) is 0. The number of carbonyl (C=O) groups excluding carboxylic acids is 2. The maximum atomic E-state index is 12.1. The molecule has 0 unspecified atom stereocenters. The number of nitrogens with zero attached hydrogens (tertiary/aromatic N) is 3. The summed E-state index contributed by atoms with van der Waals surface area (Å²) in [5.74, 6) is 0.433. The fraction of sp³-hybridized carbons (Fsp3) is 0.368. The molecule has 0 saturated carbocycles. The van der Waals surface area contributed by atoms with Crippen LogP contribution in [0.2, 0.25) is 0 Å². The number of urea groups is 1. The van der Waals surface area contributed by atoms with Gasteiger partial charge in [-0.05, 0) is 12.1 Å². The third-order valence-corrected chi connectivity index (χ3v) is 4.10. The van der Waals surface area contributed by atoms with Crippen LogP contribution in [0, 0.1) is 0 Å². The number of aromatic nitrogens is 2. The SMILES string of the molecule is O=C(NCCc1cnccn1)Nc1cccc(OCC(=O)N2CCOCC2)c1. The Morgan fingerprint density at radius 2 is 2.07 bits per heavy atom. The molecule has 3 amide bonds. The molecule has 0 atom stereocenters. The van der Waals surface area contributed by atoms with Crippen molar-refractivity contribution < 1.29 is 19.1 Å². The molecular formula is C19H23N5O4. The van der Waals surface area contributed by atoms with Gasteiger partial charge in [0.1, 0.15) is 5.75 Å². The lowest BCUT2D eigenvalue weighted by Gasteiger charge is -2.26. The molecule has 0 aliphatic carbocycles. The highest BCUT2D eigenvalue weighted by atomic mass is 16.5. The zero-order valence-corrected chi connectivity index (χ0v) is 15.5. The van der Waals surface area contributed by atoms with E-state index in [1.54, 1.807) is 47.8 Å². The Balaban J connectivity index is 1.42. The predicted molar refractivity (Wildman–Crippen MR) is 102 cm³/mol. The molecule has 2 N–H and O–H groups in total. The molecule has 1 aliphatic heterocycles. The van der Waals surface area contributed by atoms with Gasteiger partial charge in [-0.15, -0.1) is 0 Å². The molecule has 1 aromatic carbocycles. The number of hydrogen-bond acceptors (Lipinski definition) is 6. The van der Waals surface area contributed by atoms with E-state index in [1.807, 2.05) is 0 Å². The molecule has 2 aromatic rings. The first-order valence-electron chi connectivity index (χ1n) is 9.09. The van der Waals surface area contributed by atoms with Crippen LogP contribution in [0.25, 0.3) is 0 Å². The monoisotopic (exact) mass is 385 g/mol. The Morgan fingerprint density at radius 1 is 1.21 bits per heavy atom. The summed E-state index contributed by atoms with van der Waals surface area (Å²) in [4.78, 5) is 34.0. The lowest BCUT2D eigenvalue weighted by Crippen LogP contribution is -2.42. The van der Waals surface area contributed by atoms with Crippen LogP contribution in [0.4, 0.5) is 10.5 Å². The average Bonchev–Trinajstić information content (AvgIpc) is 2.74. The number of anilines is 1. The summed E-state index contributed by atoms with van der Waals surface area (Å²) in [6.45, 7) is 2.66. The van der Waals surface area contributed by atoms with E-state index in [9.17, 15) is 9.59 Å². The van der Waals surface area contributed by atoms with Gasteiger partial charge in [0, 0.05) is 56.4 Å². The lowest BCUT2D eigenvalue weighted by molar-refractivity contribution is -0.137. The molecular weight excluding hydrogens is 362 g/mol. The minimum atomic E-state index is -0.328. The van der Waals surface area contributed by atoms with E-state index in [4.69, 9.17) is 9.47 Å². The first-order valence-corrected chi connectivity index (χ1v) is 9.09.